The molecule has 0 aliphatic rings. The van der Waals surface area contributed by atoms with Gasteiger partial charge in [-0.1, -0.05) is 43.5 Å². The Morgan fingerprint density at radius 3 is 2.72 bits per heavy atom. The van der Waals surface area contributed by atoms with Gasteiger partial charge in [0, 0.05) is 31.0 Å². The van der Waals surface area contributed by atoms with E-state index in [4.69, 9.17) is 11.6 Å². The van der Waals surface area contributed by atoms with E-state index in [9.17, 15) is 9.59 Å². The van der Waals surface area contributed by atoms with E-state index in [0.29, 0.717) is 47.3 Å². The molecule has 0 aliphatic carbocycles. The van der Waals surface area contributed by atoms with E-state index in [1.807, 2.05) is 40.1 Å². The number of unbranched alkanes of at least 4 members (excludes halogenated alkanes) is 2. The normalized spacial score (nSPS) is 11.4. The summed E-state index contributed by atoms with van der Waals surface area (Å²) < 4.78 is 4.35. The highest BCUT2D eigenvalue weighted by Gasteiger charge is 2.17. The highest BCUT2D eigenvalue weighted by Crippen LogP contribution is 2.20. The number of carbonyl (C=O) groups excluding carboxylic acids is 1. The predicted molar refractivity (Wildman–Crippen MR) is 129 cm³/mol. The molecule has 0 aliphatic heterocycles. The van der Waals surface area contributed by atoms with Gasteiger partial charge in [-0.05, 0) is 42.0 Å². The third kappa shape index (κ3) is 4.86. The van der Waals surface area contributed by atoms with E-state index in [2.05, 4.69) is 22.4 Å². The van der Waals surface area contributed by atoms with Crippen molar-refractivity contribution in [2.75, 3.05) is 6.54 Å². The molecule has 0 unspecified atom stereocenters. The van der Waals surface area contributed by atoms with Gasteiger partial charge in [-0.2, -0.15) is 0 Å². The Morgan fingerprint density at radius 2 is 1.94 bits per heavy atom. The van der Waals surface area contributed by atoms with Crippen LogP contribution in [-0.4, -0.2) is 31.6 Å². The summed E-state index contributed by atoms with van der Waals surface area (Å²) in [5.74, 6) is 1.21. The van der Waals surface area contributed by atoms with Crippen molar-refractivity contribution in [3.63, 3.8) is 0 Å². The predicted octanol–water partition coefficient (Wildman–Crippen LogP) is 4.24. The van der Waals surface area contributed by atoms with Gasteiger partial charge in [0.25, 0.3) is 5.56 Å². The molecule has 4 aromatic rings. The van der Waals surface area contributed by atoms with E-state index in [-0.39, 0.29) is 11.5 Å². The van der Waals surface area contributed by atoms with Crippen molar-refractivity contribution in [1.29, 1.82) is 0 Å². The molecule has 1 N–H and O–H groups in total. The number of nitrogens with one attached hydrogen (secondary N) is 1. The van der Waals surface area contributed by atoms with Gasteiger partial charge in [-0.3, -0.25) is 18.6 Å². The van der Waals surface area contributed by atoms with Crippen molar-refractivity contribution in [3.05, 3.63) is 62.5 Å². The largest absolute Gasteiger partial charge is 0.356 e. The lowest BCUT2D eigenvalue weighted by molar-refractivity contribution is -0.121. The number of aryl methyl sites for hydroxylation is 2. The van der Waals surface area contributed by atoms with Gasteiger partial charge in [0.05, 0.1) is 5.52 Å². The molecule has 9 heteroatoms. The monoisotopic (exact) mass is 471 g/mol. The average molecular weight is 472 g/mol. The fourth-order valence-corrected chi connectivity index (χ4v) is 4.73. The van der Waals surface area contributed by atoms with Crippen LogP contribution in [0.3, 0.4) is 0 Å². The highest BCUT2D eigenvalue weighted by atomic mass is 35.5. The van der Waals surface area contributed by atoms with Crippen molar-refractivity contribution < 1.29 is 4.79 Å². The minimum absolute atomic E-state index is 0.0162. The maximum absolute atomic E-state index is 12.9. The summed E-state index contributed by atoms with van der Waals surface area (Å²) in [5, 5.41) is 14.2. The van der Waals surface area contributed by atoms with E-state index in [1.165, 1.54) is 11.3 Å². The van der Waals surface area contributed by atoms with E-state index in [0.717, 1.165) is 36.8 Å². The summed E-state index contributed by atoms with van der Waals surface area (Å²) in [6.07, 6.45) is 4.56. The summed E-state index contributed by atoms with van der Waals surface area (Å²) in [6, 6.07) is 9.54. The topological polar surface area (TPSA) is 81.3 Å². The van der Waals surface area contributed by atoms with E-state index >= 15 is 0 Å². The number of aromatic nitrogens is 4. The Kier molecular flexibility index (Phi) is 7.22. The number of amides is 1. The standard InChI is InChI=1S/C23H26ClN5O2S/c1-2-3-4-14-28-22(31)21-18(12-15-32-21)29-19(26-27-23(28)29)9-10-20(30)25-13-11-16-5-7-17(24)8-6-16/h5-8,12,15H,2-4,9-11,13-14H2,1H3,(H,25,30). The number of hydrogen-bond acceptors (Lipinski definition) is 5. The molecule has 0 saturated carbocycles. The summed E-state index contributed by atoms with van der Waals surface area (Å²) >= 11 is 7.34. The number of benzene rings is 1. The Morgan fingerprint density at radius 1 is 1.12 bits per heavy atom. The van der Waals surface area contributed by atoms with Crippen LogP contribution in [0, 0.1) is 0 Å². The van der Waals surface area contributed by atoms with Crippen LogP contribution >= 0.6 is 22.9 Å². The molecule has 0 radical (unpaired) electrons. The fraction of sp³-hybridized carbons (Fsp3) is 0.391. The summed E-state index contributed by atoms with van der Waals surface area (Å²) in [6.45, 7) is 3.32. The maximum Gasteiger partial charge on any atom is 0.272 e. The Balaban J connectivity index is 1.45. The molecule has 4 rings (SSSR count). The minimum atomic E-state index is -0.0338. The number of rotatable bonds is 10. The van der Waals surface area contributed by atoms with Gasteiger partial charge in [0.15, 0.2) is 0 Å². The first-order valence-electron chi connectivity index (χ1n) is 10.9. The molecule has 0 bridgehead atoms. The maximum atomic E-state index is 12.9. The van der Waals surface area contributed by atoms with Crippen molar-refractivity contribution in [2.24, 2.45) is 0 Å². The quantitative estimate of drug-likeness (QED) is 0.351. The third-order valence-electron chi connectivity index (χ3n) is 5.49. The molecule has 0 saturated heterocycles. The molecule has 32 heavy (non-hydrogen) atoms. The van der Waals surface area contributed by atoms with Crippen LogP contribution in [0.1, 0.15) is 44.0 Å². The van der Waals surface area contributed by atoms with E-state index < -0.39 is 0 Å². The molecule has 0 atom stereocenters. The van der Waals surface area contributed by atoms with Crippen molar-refractivity contribution in [1.82, 2.24) is 24.5 Å². The van der Waals surface area contributed by atoms with Gasteiger partial charge in [0.1, 0.15) is 10.5 Å². The molecule has 7 nitrogen and oxygen atoms in total. The average Bonchev–Trinajstić information content (AvgIpc) is 3.43. The summed E-state index contributed by atoms with van der Waals surface area (Å²) in [5.41, 5.74) is 1.92. The second-order valence-corrected chi connectivity index (χ2v) is 9.13. The molecule has 0 spiro atoms. The second-order valence-electron chi connectivity index (χ2n) is 7.78. The molecular weight excluding hydrogens is 446 g/mol. The van der Waals surface area contributed by atoms with Crippen LogP contribution in [0.5, 0.6) is 0 Å². The van der Waals surface area contributed by atoms with Crippen molar-refractivity contribution in [3.8, 4) is 0 Å². The summed E-state index contributed by atoms with van der Waals surface area (Å²) in [7, 11) is 0. The minimum Gasteiger partial charge on any atom is -0.356 e. The van der Waals surface area contributed by atoms with Crippen LogP contribution in [0.25, 0.3) is 16.0 Å². The smallest absolute Gasteiger partial charge is 0.272 e. The number of fused-ring (bicyclic) bond motifs is 3. The molecule has 168 valence electrons. The van der Waals surface area contributed by atoms with E-state index in [1.54, 1.807) is 4.57 Å². The number of nitrogens with zero attached hydrogens (tertiary/aromatic N) is 4. The number of halogens is 1. The molecule has 3 heterocycles. The van der Waals surface area contributed by atoms with Crippen LogP contribution in [0.15, 0.2) is 40.5 Å². The Hall–Kier alpha value is -2.71. The van der Waals surface area contributed by atoms with Crippen LogP contribution in [-0.2, 0) is 24.2 Å². The molecule has 1 aromatic carbocycles. The molecule has 0 fully saturated rings. The first-order valence-corrected chi connectivity index (χ1v) is 12.2. The van der Waals surface area contributed by atoms with Gasteiger partial charge in [-0.25, -0.2) is 0 Å². The zero-order valence-corrected chi connectivity index (χ0v) is 19.6. The Labute approximate surface area is 195 Å². The first kappa shape index (κ1) is 22.5. The third-order valence-corrected chi connectivity index (χ3v) is 6.63. The number of hydrogen-bond donors (Lipinski definition) is 1. The SMILES string of the molecule is CCCCCn1c(=O)c2sccc2n2c(CCC(=O)NCCc3ccc(Cl)cc3)nnc12. The zero-order valence-electron chi connectivity index (χ0n) is 18.0. The van der Waals surface area contributed by atoms with Crippen LogP contribution in [0.4, 0.5) is 0 Å². The van der Waals surface area contributed by atoms with Gasteiger partial charge < -0.3 is 5.32 Å². The van der Waals surface area contributed by atoms with Gasteiger partial charge in [0.2, 0.25) is 11.7 Å². The Bertz CT molecular complexity index is 1280. The van der Waals surface area contributed by atoms with Crippen molar-refractivity contribution >= 4 is 44.8 Å². The van der Waals surface area contributed by atoms with Crippen LogP contribution in [0.2, 0.25) is 5.02 Å². The highest BCUT2D eigenvalue weighted by molar-refractivity contribution is 7.17. The zero-order chi connectivity index (χ0) is 22.5. The molecular formula is C23H26ClN5O2S. The molecule has 1 amide bonds. The summed E-state index contributed by atoms with van der Waals surface area (Å²) in [4.78, 5) is 25.3. The van der Waals surface area contributed by atoms with Gasteiger partial charge in [-0.15, -0.1) is 21.5 Å². The molecule has 3 aromatic heterocycles. The number of thiophene rings is 1. The number of carbonyl (C=O) groups is 1. The van der Waals surface area contributed by atoms with Crippen LogP contribution < -0.4 is 10.9 Å². The van der Waals surface area contributed by atoms with Crippen molar-refractivity contribution in [2.45, 2.75) is 52.0 Å². The van der Waals surface area contributed by atoms with Gasteiger partial charge >= 0.3 is 0 Å². The lowest BCUT2D eigenvalue weighted by Crippen LogP contribution is -2.26. The fourth-order valence-electron chi connectivity index (χ4n) is 3.78. The lowest BCUT2D eigenvalue weighted by Gasteiger charge is -2.09. The first-order chi connectivity index (χ1) is 15.6. The second kappa shape index (κ2) is 10.3. The lowest BCUT2D eigenvalue weighted by atomic mass is 10.1.